The topological polar surface area (TPSA) is 37.4 Å². The highest BCUT2D eigenvalue weighted by atomic mass is 16.2. The number of carbonyl (C=O) groups excluding carboxylic acids is 2. The van der Waals surface area contributed by atoms with Crippen molar-refractivity contribution in [3.05, 3.63) is 66.2 Å². The predicted octanol–water partition coefficient (Wildman–Crippen LogP) is 3.70. The molecule has 2 aromatic carbocycles. The van der Waals surface area contributed by atoms with Crippen molar-refractivity contribution in [3.63, 3.8) is 0 Å². The van der Waals surface area contributed by atoms with Crippen LogP contribution in [0.2, 0.25) is 0 Å². The van der Waals surface area contributed by atoms with Crippen LogP contribution in [0, 0.1) is 0 Å². The highest BCUT2D eigenvalue weighted by molar-refractivity contribution is 6.11. The Morgan fingerprint density at radius 3 is 1.95 bits per heavy atom. The van der Waals surface area contributed by atoms with Crippen LogP contribution in [0.15, 0.2) is 60.7 Å². The van der Waals surface area contributed by atoms with Crippen LogP contribution < -0.4 is 4.90 Å². The number of carbonyl (C=O) groups is 2. The second-order valence-electron chi connectivity index (χ2n) is 5.16. The summed E-state index contributed by atoms with van der Waals surface area (Å²) in [5, 5.41) is 0. The maximum Gasteiger partial charge on any atom is 0.235 e. The van der Waals surface area contributed by atoms with E-state index in [4.69, 9.17) is 0 Å². The molecule has 0 spiro atoms. The number of hydrogen-bond donors (Lipinski definition) is 0. The van der Waals surface area contributed by atoms with Crippen LogP contribution in [0.5, 0.6) is 0 Å². The van der Waals surface area contributed by atoms with Gasteiger partial charge in [0.15, 0.2) is 5.78 Å². The minimum Gasteiger partial charge on any atom is -0.310 e. The number of nitrogens with zero attached hydrogens (tertiary/aromatic N) is 1. The first-order valence-corrected chi connectivity index (χ1v) is 7.05. The number of anilines is 1. The smallest absolute Gasteiger partial charge is 0.235 e. The Labute approximate surface area is 125 Å². The molecule has 0 bridgehead atoms. The molecule has 0 fully saturated rings. The molecule has 2 aromatic rings. The predicted molar refractivity (Wildman–Crippen MR) is 84.5 cm³/mol. The third-order valence-electron chi connectivity index (χ3n) is 3.23. The van der Waals surface area contributed by atoms with Crippen LogP contribution in [0.4, 0.5) is 5.69 Å². The zero-order chi connectivity index (χ0) is 15.2. The molecule has 3 nitrogen and oxygen atoms in total. The van der Waals surface area contributed by atoms with Gasteiger partial charge in [-0.25, -0.2) is 0 Å². The molecule has 21 heavy (non-hydrogen) atoms. The van der Waals surface area contributed by atoms with E-state index in [2.05, 4.69) is 0 Å². The largest absolute Gasteiger partial charge is 0.310 e. The van der Waals surface area contributed by atoms with E-state index in [9.17, 15) is 9.59 Å². The number of benzene rings is 2. The van der Waals surface area contributed by atoms with Gasteiger partial charge in [-0.05, 0) is 26.0 Å². The van der Waals surface area contributed by atoms with Gasteiger partial charge in [0.2, 0.25) is 5.91 Å². The minimum atomic E-state index is -0.176. The Hall–Kier alpha value is -2.42. The van der Waals surface area contributed by atoms with Gasteiger partial charge in [0.1, 0.15) is 0 Å². The monoisotopic (exact) mass is 281 g/mol. The lowest BCUT2D eigenvalue weighted by Crippen LogP contribution is -2.38. The van der Waals surface area contributed by atoms with Crippen molar-refractivity contribution in [2.24, 2.45) is 0 Å². The van der Waals surface area contributed by atoms with Crippen LogP contribution in [-0.2, 0) is 4.79 Å². The maximum absolute atomic E-state index is 12.5. The molecule has 0 saturated heterocycles. The molecule has 108 valence electrons. The summed E-state index contributed by atoms with van der Waals surface area (Å²) in [6.07, 6.45) is -0.114. The molecule has 0 aliphatic heterocycles. The van der Waals surface area contributed by atoms with Gasteiger partial charge in [-0.15, -0.1) is 0 Å². The van der Waals surface area contributed by atoms with Crippen LogP contribution in [0.25, 0.3) is 0 Å². The number of amides is 1. The van der Waals surface area contributed by atoms with Crippen LogP contribution in [0.1, 0.15) is 30.6 Å². The van der Waals surface area contributed by atoms with Crippen LogP contribution >= 0.6 is 0 Å². The Kier molecular flexibility index (Phi) is 4.88. The quantitative estimate of drug-likeness (QED) is 0.619. The van der Waals surface area contributed by atoms with Gasteiger partial charge in [0, 0.05) is 17.3 Å². The van der Waals surface area contributed by atoms with Crippen molar-refractivity contribution in [1.82, 2.24) is 0 Å². The summed E-state index contributed by atoms with van der Waals surface area (Å²) >= 11 is 0. The summed E-state index contributed by atoms with van der Waals surface area (Å²) in [6.45, 7) is 3.88. The number of ketones is 1. The fourth-order valence-corrected chi connectivity index (χ4v) is 2.27. The van der Waals surface area contributed by atoms with E-state index < -0.39 is 0 Å². The zero-order valence-corrected chi connectivity index (χ0v) is 12.3. The zero-order valence-electron chi connectivity index (χ0n) is 12.3. The molecule has 3 heteroatoms. The third kappa shape index (κ3) is 3.78. The summed E-state index contributed by atoms with van der Waals surface area (Å²) in [5.41, 5.74) is 1.39. The van der Waals surface area contributed by atoms with Crippen molar-refractivity contribution >= 4 is 17.4 Å². The molecule has 1 amide bonds. The van der Waals surface area contributed by atoms with E-state index in [0.717, 1.165) is 5.69 Å². The maximum atomic E-state index is 12.5. The van der Waals surface area contributed by atoms with E-state index in [1.165, 1.54) is 0 Å². The van der Waals surface area contributed by atoms with Gasteiger partial charge < -0.3 is 4.90 Å². The summed E-state index contributed by atoms with van der Waals surface area (Å²) in [7, 11) is 0. The van der Waals surface area contributed by atoms with E-state index in [1.807, 2.05) is 50.2 Å². The van der Waals surface area contributed by atoms with Crippen molar-refractivity contribution in [2.45, 2.75) is 26.3 Å². The first kappa shape index (κ1) is 15.0. The molecule has 2 rings (SSSR count). The molecule has 0 N–H and O–H groups in total. The average Bonchev–Trinajstić information content (AvgIpc) is 2.49. The highest BCUT2D eigenvalue weighted by Crippen LogP contribution is 2.18. The highest BCUT2D eigenvalue weighted by Gasteiger charge is 2.21. The lowest BCUT2D eigenvalue weighted by atomic mass is 10.1. The van der Waals surface area contributed by atoms with Crippen molar-refractivity contribution in [1.29, 1.82) is 0 Å². The summed E-state index contributed by atoms with van der Waals surface area (Å²) in [4.78, 5) is 26.3. The van der Waals surface area contributed by atoms with Crippen LogP contribution in [0.3, 0.4) is 0 Å². The molecule has 0 saturated carbocycles. The molecular weight excluding hydrogens is 262 g/mol. The van der Waals surface area contributed by atoms with Gasteiger partial charge in [0.05, 0.1) is 6.42 Å². The molecule has 0 aliphatic rings. The first-order chi connectivity index (χ1) is 10.1. The lowest BCUT2D eigenvalue weighted by Gasteiger charge is -2.26. The Balaban J connectivity index is 2.15. The molecule has 0 atom stereocenters. The fraction of sp³-hybridized carbons (Fsp3) is 0.222. The van der Waals surface area contributed by atoms with Crippen molar-refractivity contribution < 1.29 is 9.59 Å². The SMILES string of the molecule is CC(C)N(C(=O)CC(=O)c1ccccc1)c1ccccc1. The minimum absolute atomic E-state index is 0.00322. The lowest BCUT2D eigenvalue weighted by molar-refractivity contribution is -0.118. The second-order valence-corrected chi connectivity index (χ2v) is 5.16. The number of Topliss-reactive ketones (excluding diaryl/α,β-unsaturated/α-hetero) is 1. The Bertz CT molecular complexity index is 606. The Morgan fingerprint density at radius 1 is 0.905 bits per heavy atom. The average molecular weight is 281 g/mol. The summed E-state index contributed by atoms with van der Waals surface area (Å²) < 4.78 is 0. The van der Waals surface area contributed by atoms with Crippen molar-refractivity contribution in [2.75, 3.05) is 4.90 Å². The molecule has 0 unspecified atom stereocenters. The molecular formula is C18H19NO2. The third-order valence-corrected chi connectivity index (χ3v) is 3.23. The van der Waals surface area contributed by atoms with Gasteiger partial charge in [-0.2, -0.15) is 0 Å². The van der Waals surface area contributed by atoms with Gasteiger partial charge in [-0.1, -0.05) is 48.5 Å². The van der Waals surface area contributed by atoms with E-state index in [1.54, 1.807) is 29.2 Å². The van der Waals surface area contributed by atoms with Gasteiger partial charge >= 0.3 is 0 Å². The molecule has 0 aromatic heterocycles. The molecule has 0 radical (unpaired) electrons. The summed E-state index contributed by atoms with van der Waals surface area (Å²) in [5.74, 6) is -0.327. The van der Waals surface area contributed by atoms with Crippen LogP contribution in [-0.4, -0.2) is 17.7 Å². The molecule has 0 aliphatic carbocycles. The van der Waals surface area contributed by atoms with Gasteiger partial charge in [0.25, 0.3) is 0 Å². The van der Waals surface area contributed by atoms with E-state index >= 15 is 0 Å². The second kappa shape index (κ2) is 6.84. The number of hydrogen-bond acceptors (Lipinski definition) is 2. The number of rotatable bonds is 5. The van der Waals surface area contributed by atoms with E-state index in [-0.39, 0.29) is 24.2 Å². The summed E-state index contributed by atoms with van der Waals surface area (Å²) in [6, 6.07) is 18.4. The van der Waals surface area contributed by atoms with Crippen molar-refractivity contribution in [3.8, 4) is 0 Å². The first-order valence-electron chi connectivity index (χ1n) is 7.05. The van der Waals surface area contributed by atoms with Gasteiger partial charge in [-0.3, -0.25) is 9.59 Å². The normalized spacial score (nSPS) is 10.4. The Morgan fingerprint density at radius 2 is 1.43 bits per heavy atom. The molecule has 0 heterocycles. The standard InChI is InChI=1S/C18H19NO2/c1-14(2)19(16-11-7-4-8-12-16)18(21)13-17(20)15-9-5-3-6-10-15/h3-12,14H,13H2,1-2H3. The fourth-order valence-electron chi connectivity index (χ4n) is 2.27. The van der Waals surface area contributed by atoms with E-state index in [0.29, 0.717) is 5.56 Å². The number of para-hydroxylation sites is 1.